The van der Waals surface area contributed by atoms with Gasteiger partial charge in [-0.1, -0.05) is 13.3 Å². The second-order valence-corrected chi connectivity index (χ2v) is 5.38. The first-order chi connectivity index (χ1) is 8.15. The number of hydrogen-bond donors (Lipinski definition) is 0. The van der Waals surface area contributed by atoms with E-state index in [1.165, 1.54) is 0 Å². The molecule has 0 aliphatic rings. The van der Waals surface area contributed by atoms with Crippen LogP contribution >= 0.6 is 31.9 Å². The van der Waals surface area contributed by atoms with Crippen molar-refractivity contribution >= 4 is 31.9 Å². The third kappa shape index (κ3) is 3.31. The van der Waals surface area contributed by atoms with Crippen LogP contribution < -0.4 is 0 Å². The number of nitriles is 2. The maximum Gasteiger partial charge on any atom is 0.102 e. The second kappa shape index (κ2) is 6.79. The highest BCUT2D eigenvalue weighted by molar-refractivity contribution is 9.11. The highest BCUT2D eigenvalue weighted by atomic mass is 79.9. The fraction of sp³-hybridized carbons (Fsp3) is 0.385. The molecule has 88 valence electrons. The molecule has 1 aromatic rings. The molecular formula is C13H12Br2N2. The van der Waals surface area contributed by atoms with E-state index in [0.717, 1.165) is 39.3 Å². The van der Waals surface area contributed by atoms with Crippen molar-refractivity contribution in [3.8, 4) is 12.1 Å². The van der Waals surface area contributed by atoms with Crippen LogP contribution in [0, 0.1) is 22.7 Å². The number of halogens is 2. The van der Waals surface area contributed by atoms with Crippen molar-refractivity contribution < 1.29 is 0 Å². The maximum atomic E-state index is 9.09. The zero-order valence-electron chi connectivity index (χ0n) is 9.56. The molecule has 0 radical (unpaired) electrons. The molecule has 0 aliphatic heterocycles. The first-order valence-corrected chi connectivity index (χ1v) is 7.01. The van der Waals surface area contributed by atoms with E-state index >= 15 is 0 Å². The molecule has 0 saturated heterocycles. The molecule has 0 aromatic heterocycles. The van der Waals surface area contributed by atoms with Crippen LogP contribution in [0.4, 0.5) is 0 Å². The van der Waals surface area contributed by atoms with Gasteiger partial charge in [0.05, 0.1) is 18.1 Å². The normalized spacial score (nSPS) is 9.71. The molecule has 0 fully saturated rings. The van der Waals surface area contributed by atoms with Gasteiger partial charge in [0.25, 0.3) is 0 Å². The van der Waals surface area contributed by atoms with Gasteiger partial charge in [-0.3, -0.25) is 0 Å². The summed E-state index contributed by atoms with van der Waals surface area (Å²) in [5.74, 6) is 0. The van der Waals surface area contributed by atoms with Crippen molar-refractivity contribution in [1.82, 2.24) is 0 Å². The van der Waals surface area contributed by atoms with Crippen molar-refractivity contribution in [2.75, 3.05) is 0 Å². The molecule has 0 aliphatic carbocycles. The Labute approximate surface area is 119 Å². The lowest BCUT2D eigenvalue weighted by Crippen LogP contribution is -1.99. The quantitative estimate of drug-likeness (QED) is 0.798. The Morgan fingerprint density at radius 2 is 2.00 bits per heavy atom. The van der Waals surface area contributed by atoms with E-state index in [4.69, 9.17) is 10.5 Å². The third-order valence-corrected chi connectivity index (χ3v) is 4.07. The number of nitrogens with zero attached hydrogens (tertiary/aromatic N) is 2. The van der Waals surface area contributed by atoms with Gasteiger partial charge < -0.3 is 0 Å². The largest absolute Gasteiger partial charge is 0.198 e. The summed E-state index contributed by atoms with van der Waals surface area (Å²) in [5, 5.41) is 17.9. The average Bonchev–Trinajstić information content (AvgIpc) is 2.29. The molecular weight excluding hydrogens is 344 g/mol. The summed E-state index contributed by atoms with van der Waals surface area (Å²) in [6, 6.07) is 6.23. The van der Waals surface area contributed by atoms with Crippen LogP contribution in [0.5, 0.6) is 0 Å². The van der Waals surface area contributed by atoms with Crippen LogP contribution in [0.3, 0.4) is 0 Å². The van der Waals surface area contributed by atoms with Gasteiger partial charge in [0, 0.05) is 8.95 Å². The summed E-state index contributed by atoms with van der Waals surface area (Å²) < 4.78 is 1.57. The zero-order valence-corrected chi connectivity index (χ0v) is 12.7. The van der Waals surface area contributed by atoms with E-state index in [0.29, 0.717) is 12.0 Å². The van der Waals surface area contributed by atoms with E-state index in [2.05, 4.69) is 50.9 Å². The van der Waals surface area contributed by atoms with Gasteiger partial charge in [0.2, 0.25) is 0 Å². The topological polar surface area (TPSA) is 47.6 Å². The highest BCUT2D eigenvalue weighted by Gasteiger charge is 2.14. The Hall–Kier alpha value is -0.840. The molecule has 1 aromatic carbocycles. The monoisotopic (exact) mass is 354 g/mol. The maximum absolute atomic E-state index is 9.09. The third-order valence-electron chi connectivity index (χ3n) is 2.57. The molecule has 0 spiro atoms. The number of hydrogen-bond acceptors (Lipinski definition) is 2. The smallest absolute Gasteiger partial charge is 0.102 e. The molecule has 0 N–H and O–H groups in total. The SMILES string of the molecule is CCCCc1c(CC#N)cc(Br)c(C#N)c1Br. The molecule has 4 heteroatoms. The molecule has 0 heterocycles. The van der Waals surface area contributed by atoms with Gasteiger partial charge in [-0.05, 0) is 61.9 Å². The fourth-order valence-corrected chi connectivity index (χ4v) is 3.26. The van der Waals surface area contributed by atoms with Crippen molar-refractivity contribution in [2.45, 2.75) is 32.6 Å². The standard InChI is InChI=1S/C13H12Br2N2/c1-2-3-4-10-9(5-6-16)7-12(14)11(8-17)13(10)15/h7H,2-5H2,1H3. The molecule has 0 unspecified atom stereocenters. The predicted octanol–water partition coefficient (Wildman–Crippen LogP) is 4.49. The summed E-state index contributed by atoms with van der Waals surface area (Å²) in [4.78, 5) is 0. The lowest BCUT2D eigenvalue weighted by Gasteiger charge is -2.12. The van der Waals surface area contributed by atoms with E-state index in [1.807, 2.05) is 6.07 Å². The van der Waals surface area contributed by atoms with Gasteiger partial charge in [-0.2, -0.15) is 10.5 Å². The van der Waals surface area contributed by atoms with Gasteiger partial charge in [0.15, 0.2) is 0 Å². The van der Waals surface area contributed by atoms with Crippen molar-refractivity contribution in [3.63, 3.8) is 0 Å². The number of unbranched alkanes of at least 4 members (excludes halogenated alkanes) is 1. The zero-order chi connectivity index (χ0) is 12.8. The lowest BCUT2D eigenvalue weighted by atomic mass is 9.98. The first-order valence-electron chi connectivity index (χ1n) is 5.42. The Morgan fingerprint density at radius 1 is 1.29 bits per heavy atom. The molecule has 17 heavy (non-hydrogen) atoms. The molecule has 0 amide bonds. The van der Waals surface area contributed by atoms with Crippen LogP contribution in [0.25, 0.3) is 0 Å². The summed E-state index contributed by atoms with van der Waals surface area (Å²) >= 11 is 6.85. The number of rotatable bonds is 4. The van der Waals surface area contributed by atoms with Gasteiger partial charge >= 0.3 is 0 Å². The second-order valence-electron chi connectivity index (χ2n) is 3.74. The minimum Gasteiger partial charge on any atom is -0.198 e. The summed E-state index contributed by atoms with van der Waals surface area (Å²) in [6.45, 7) is 2.13. The minimum atomic E-state index is 0.377. The van der Waals surface area contributed by atoms with E-state index in [9.17, 15) is 0 Å². The fourth-order valence-electron chi connectivity index (χ4n) is 1.68. The van der Waals surface area contributed by atoms with Crippen LogP contribution in [0.2, 0.25) is 0 Å². The molecule has 0 bridgehead atoms. The number of benzene rings is 1. The summed E-state index contributed by atoms with van der Waals surface area (Å²) in [5.41, 5.74) is 2.70. The Bertz CT molecular complexity index is 496. The predicted molar refractivity (Wildman–Crippen MR) is 74.5 cm³/mol. The van der Waals surface area contributed by atoms with Crippen molar-refractivity contribution in [3.05, 3.63) is 31.7 Å². The van der Waals surface area contributed by atoms with Gasteiger partial charge in [-0.25, -0.2) is 0 Å². The summed E-state index contributed by atoms with van der Waals surface area (Å²) in [6.07, 6.45) is 3.43. The van der Waals surface area contributed by atoms with Crippen LogP contribution in [-0.4, -0.2) is 0 Å². The average molecular weight is 356 g/mol. The van der Waals surface area contributed by atoms with E-state index in [-0.39, 0.29) is 0 Å². The van der Waals surface area contributed by atoms with Gasteiger partial charge in [0.1, 0.15) is 6.07 Å². The van der Waals surface area contributed by atoms with Crippen LogP contribution in [0.1, 0.15) is 36.5 Å². The Balaban J connectivity index is 3.31. The van der Waals surface area contributed by atoms with Gasteiger partial charge in [-0.15, -0.1) is 0 Å². The lowest BCUT2D eigenvalue weighted by molar-refractivity contribution is 0.786. The summed E-state index contributed by atoms with van der Waals surface area (Å²) in [7, 11) is 0. The highest BCUT2D eigenvalue weighted by Crippen LogP contribution is 2.32. The Kier molecular flexibility index (Phi) is 5.68. The van der Waals surface area contributed by atoms with E-state index in [1.54, 1.807) is 0 Å². The molecule has 0 atom stereocenters. The van der Waals surface area contributed by atoms with Crippen molar-refractivity contribution in [1.29, 1.82) is 10.5 Å². The minimum absolute atomic E-state index is 0.377. The molecule has 2 nitrogen and oxygen atoms in total. The first kappa shape index (κ1) is 14.2. The molecule has 1 rings (SSSR count). The van der Waals surface area contributed by atoms with Crippen molar-refractivity contribution in [2.24, 2.45) is 0 Å². The van der Waals surface area contributed by atoms with Crippen LogP contribution in [-0.2, 0) is 12.8 Å². The van der Waals surface area contributed by atoms with E-state index < -0.39 is 0 Å². The Morgan fingerprint density at radius 3 is 2.53 bits per heavy atom. The molecule has 0 saturated carbocycles. The van der Waals surface area contributed by atoms with Crippen LogP contribution in [0.15, 0.2) is 15.0 Å².